The molecule has 250 valence electrons. The van der Waals surface area contributed by atoms with Gasteiger partial charge in [0.05, 0.1) is 18.3 Å². The Kier molecular flexibility index (Phi) is 9.29. The normalized spacial score (nSPS) is 42.0. The van der Waals surface area contributed by atoms with Gasteiger partial charge in [-0.1, -0.05) is 46.3 Å². The van der Waals surface area contributed by atoms with Gasteiger partial charge < -0.3 is 24.4 Å². The third kappa shape index (κ3) is 5.44. The molecule has 0 aromatic rings. The highest BCUT2D eigenvalue weighted by Gasteiger charge is 2.75. The van der Waals surface area contributed by atoms with Crippen molar-refractivity contribution in [1.29, 1.82) is 0 Å². The topological polar surface area (TPSA) is 119 Å². The second-order valence-electron chi connectivity index (χ2n) is 16.5. The number of carbonyl (C=O) groups excluding carboxylic acids is 3. The van der Waals surface area contributed by atoms with Gasteiger partial charge in [-0.2, -0.15) is 0 Å². The van der Waals surface area contributed by atoms with Crippen molar-refractivity contribution in [3.8, 4) is 0 Å². The number of carbonyl (C=O) groups is 3. The molecule has 44 heavy (non-hydrogen) atoms. The Morgan fingerprint density at radius 1 is 0.886 bits per heavy atom. The molecule has 4 rings (SSSR count). The minimum absolute atomic E-state index is 0.124. The van der Waals surface area contributed by atoms with Crippen LogP contribution in [-0.2, 0) is 28.6 Å². The highest BCUT2D eigenvalue weighted by atomic mass is 16.6. The third-order valence-electron chi connectivity index (χ3n) is 13.6. The SMILES string of the molecule is COC(=O)CC(=O)O[C@@H]1CC[C@@]2(C)C(CC[C@]3(C)C2C[C@@H](OC(C)=O)C2[C@@](O)(C(C)(O)CCC=C(C)C)CC[C@]23C)C1(C)C. The first kappa shape index (κ1) is 34.9. The summed E-state index contributed by atoms with van der Waals surface area (Å²) >= 11 is 0. The molecule has 8 nitrogen and oxygen atoms in total. The van der Waals surface area contributed by atoms with E-state index < -0.39 is 41.6 Å². The van der Waals surface area contributed by atoms with E-state index in [0.29, 0.717) is 32.1 Å². The molecule has 8 heteroatoms. The Hall–Kier alpha value is -1.93. The quantitative estimate of drug-likeness (QED) is 0.141. The minimum atomic E-state index is -1.39. The molecule has 0 aromatic carbocycles. The largest absolute Gasteiger partial charge is 0.469 e. The van der Waals surface area contributed by atoms with Gasteiger partial charge >= 0.3 is 17.9 Å². The fraction of sp³-hybridized carbons (Fsp3) is 0.861. The number of hydrogen-bond acceptors (Lipinski definition) is 8. The molecular weight excluding hydrogens is 560 g/mol. The fourth-order valence-corrected chi connectivity index (χ4v) is 11.1. The number of ether oxygens (including phenoxy) is 3. The lowest BCUT2D eigenvalue weighted by molar-refractivity contribution is -0.274. The lowest BCUT2D eigenvalue weighted by Crippen LogP contribution is -2.70. The molecule has 0 heterocycles. The summed E-state index contributed by atoms with van der Waals surface area (Å²) in [5.74, 6) is -1.48. The van der Waals surface area contributed by atoms with Crippen LogP contribution in [0.1, 0.15) is 127 Å². The number of rotatable bonds is 8. The summed E-state index contributed by atoms with van der Waals surface area (Å²) in [7, 11) is 1.26. The molecule has 0 saturated heterocycles. The van der Waals surface area contributed by atoms with Gasteiger partial charge in [-0.25, -0.2) is 0 Å². The smallest absolute Gasteiger partial charge is 0.317 e. The Labute approximate surface area is 264 Å². The molecular formula is C36H58O8. The summed E-state index contributed by atoms with van der Waals surface area (Å²) in [6.07, 6.45) is 7.19. The molecule has 0 radical (unpaired) electrons. The van der Waals surface area contributed by atoms with Crippen molar-refractivity contribution >= 4 is 17.9 Å². The van der Waals surface area contributed by atoms with E-state index in [1.165, 1.54) is 19.6 Å². The highest BCUT2D eigenvalue weighted by molar-refractivity contribution is 5.91. The first-order valence-electron chi connectivity index (χ1n) is 16.7. The molecule has 0 spiro atoms. The summed E-state index contributed by atoms with van der Waals surface area (Å²) in [5, 5.41) is 24.5. The van der Waals surface area contributed by atoms with Crippen molar-refractivity contribution < 1.29 is 38.8 Å². The van der Waals surface area contributed by atoms with Gasteiger partial charge in [0.25, 0.3) is 0 Å². The van der Waals surface area contributed by atoms with Gasteiger partial charge in [0.15, 0.2) is 0 Å². The second-order valence-corrected chi connectivity index (χ2v) is 16.5. The van der Waals surface area contributed by atoms with Gasteiger partial charge in [0.2, 0.25) is 0 Å². The van der Waals surface area contributed by atoms with Crippen LogP contribution in [0.5, 0.6) is 0 Å². The van der Waals surface area contributed by atoms with Crippen molar-refractivity contribution in [2.45, 2.75) is 150 Å². The van der Waals surface area contributed by atoms with Gasteiger partial charge in [-0.3, -0.25) is 14.4 Å². The number of allylic oxidation sites excluding steroid dienone is 2. The third-order valence-corrected chi connectivity index (χ3v) is 13.6. The average Bonchev–Trinajstić information content (AvgIpc) is 3.20. The van der Waals surface area contributed by atoms with Crippen LogP contribution < -0.4 is 0 Å². The first-order chi connectivity index (χ1) is 20.2. The number of esters is 3. The van der Waals surface area contributed by atoms with Crippen LogP contribution in [0.15, 0.2) is 11.6 Å². The van der Waals surface area contributed by atoms with E-state index in [2.05, 4.69) is 45.4 Å². The van der Waals surface area contributed by atoms with Crippen LogP contribution >= 0.6 is 0 Å². The van der Waals surface area contributed by atoms with Crippen molar-refractivity contribution in [2.24, 2.45) is 39.4 Å². The van der Waals surface area contributed by atoms with E-state index >= 15 is 0 Å². The molecule has 2 N–H and O–H groups in total. The fourth-order valence-electron chi connectivity index (χ4n) is 11.1. The molecule has 4 unspecified atom stereocenters. The molecule has 4 saturated carbocycles. The summed E-state index contributed by atoms with van der Waals surface area (Å²) in [6, 6.07) is 0. The Morgan fingerprint density at radius 3 is 2.14 bits per heavy atom. The Balaban J connectivity index is 1.70. The van der Waals surface area contributed by atoms with Crippen LogP contribution in [0.3, 0.4) is 0 Å². The van der Waals surface area contributed by atoms with Gasteiger partial charge in [0.1, 0.15) is 18.6 Å². The molecule has 0 bridgehead atoms. The van der Waals surface area contributed by atoms with Crippen molar-refractivity contribution in [2.75, 3.05) is 7.11 Å². The lowest BCUT2D eigenvalue weighted by atomic mass is 9.35. The standard InChI is InChI=1S/C36H58O8/c1-22(2)12-11-15-35(9,40)36(41)19-18-34(8)30(36)24(43-23(3)37)20-26-32(6)16-14-27(44-29(39)21-28(38)42-10)31(4,5)25(32)13-17-33(26,34)7/h12,24-27,30,40-41H,11,13-21H2,1-10H3/t24-,25?,26?,27-,30?,32+,33-,34-,35?,36-/m1/s1. The molecule has 4 fully saturated rings. The van der Waals surface area contributed by atoms with Gasteiger partial charge in [-0.15, -0.1) is 0 Å². The van der Waals surface area contributed by atoms with Crippen molar-refractivity contribution in [1.82, 2.24) is 0 Å². The van der Waals surface area contributed by atoms with Crippen LogP contribution in [0.4, 0.5) is 0 Å². The summed E-state index contributed by atoms with van der Waals surface area (Å²) < 4.78 is 16.8. The highest BCUT2D eigenvalue weighted by Crippen LogP contribution is 2.76. The van der Waals surface area contributed by atoms with Crippen LogP contribution in [0, 0.1) is 39.4 Å². The van der Waals surface area contributed by atoms with Crippen molar-refractivity contribution in [3.63, 3.8) is 0 Å². The molecule has 4 aliphatic rings. The predicted octanol–water partition coefficient (Wildman–Crippen LogP) is 6.30. The van der Waals surface area contributed by atoms with E-state index in [9.17, 15) is 24.6 Å². The van der Waals surface area contributed by atoms with E-state index in [-0.39, 0.29) is 45.6 Å². The summed E-state index contributed by atoms with van der Waals surface area (Å²) in [5.41, 5.74) is -2.56. The molecule has 10 atom stereocenters. The average molecular weight is 619 g/mol. The van der Waals surface area contributed by atoms with Gasteiger partial charge in [0, 0.05) is 18.3 Å². The number of aliphatic hydroxyl groups is 2. The van der Waals surface area contributed by atoms with Crippen LogP contribution in [0.2, 0.25) is 0 Å². The predicted molar refractivity (Wildman–Crippen MR) is 167 cm³/mol. The summed E-state index contributed by atoms with van der Waals surface area (Å²) in [4.78, 5) is 36.9. The van der Waals surface area contributed by atoms with Gasteiger partial charge in [-0.05, 0) is 107 Å². The zero-order valence-electron chi connectivity index (χ0n) is 28.9. The number of fused-ring (bicyclic) bond motifs is 5. The zero-order valence-corrected chi connectivity index (χ0v) is 28.9. The molecule has 0 amide bonds. The van der Waals surface area contributed by atoms with Crippen molar-refractivity contribution in [3.05, 3.63) is 11.6 Å². The monoisotopic (exact) mass is 618 g/mol. The molecule has 0 aliphatic heterocycles. The van der Waals surface area contributed by atoms with E-state index in [1.54, 1.807) is 6.92 Å². The zero-order chi connectivity index (χ0) is 33.1. The summed E-state index contributed by atoms with van der Waals surface area (Å²) in [6.45, 7) is 18.7. The van der Waals surface area contributed by atoms with Crippen LogP contribution in [0.25, 0.3) is 0 Å². The first-order valence-corrected chi connectivity index (χ1v) is 16.7. The Bertz CT molecular complexity index is 1170. The number of methoxy groups -OCH3 is 1. The maximum Gasteiger partial charge on any atom is 0.317 e. The van der Waals surface area contributed by atoms with Crippen LogP contribution in [-0.4, -0.2) is 58.6 Å². The maximum absolute atomic E-state index is 12.6. The minimum Gasteiger partial charge on any atom is -0.469 e. The maximum atomic E-state index is 12.6. The van der Waals surface area contributed by atoms with E-state index in [1.807, 2.05) is 13.8 Å². The lowest BCUT2D eigenvalue weighted by Gasteiger charge is -2.71. The Morgan fingerprint density at radius 2 is 1.55 bits per heavy atom. The second kappa shape index (κ2) is 11.7. The van der Waals surface area contributed by atoms with E-state index in [0.717, 1.165) is 25.7 Å². The molecule has 0 aromatic heterocycles. The van der Waals surface area contributed by atoms with E-state index in [4.69, 9.17) is 9.47 Å². The number of hydrogen-bond donors (Lipinski definition) is 2. The molecule has 4 aliphatic carbocycles.